The lowest BCUT2D eigenvalue weighted by molar-refractivity contribution is -0.145. The van der Waals surface area contributed by atoms with Gasteiger partial charge in [0, 0.05) is 13.3 Å². The van der Waals surface area contributed by atoms with Gasteiger partial charge in [0.25, 0.3) is 0 Å². The molecule has 0 spiro atoms. The van der Waals surface area contributed by atoms with Crippen LogP contribution < -0.4 is 0 Å². The molecule has 18 heavy (non-hydrogen) atoms. The summed E-state index contributed by atoms with van der Waals surface area (Å²) in [7, 11) is 0. The Balaban J connectivity index is 1.68. The molecule has 2 rings (SSSR count). The van der Waals surface area contributed by atoms with Crippen molar-refractivity contribution in [2.45, 2.75) is 32.2 Å². The van der Waals surface area contributed by atoms with Gasteiger partial charge in [0.05, 0.1) is 6.61 Å². The molecule has 0 N–H and O–H groups in total. The summed E-state index contributed by atoms with van der Waals surface area (Å²) in [4.78, 5) is 10.7. The highest BCUT2D eigenvalue weighted by atomic mass is 16.7. The molecular formula is C14H18O4. The van der Waals surface area contributed by atoms with Crippen LogP contribution in [-0.4, -0.2) is 31.6 Å². The van der Waals surface area contributed by atoms with Crippen LogP contribution in [0.4, 0.5) is 0 Å². The van der Waals surface area contributed by atoms with Crippen molar-refractivity contribution in [1.29, 1.82) is 0 Å². The van der Waals surface area contributed by atoms with E-state index in [1.54, 1.807) is 0 Å². The molecule has 0 amide bonds. The van der Waals surface area contributed by atoms with Crippen LogP contribution in [0.15, 0.2) is 30.3 Å². The molecule has 0 aliphatic carbocycles. The van der Waals surface area contributed by atoms with E-state index in [1.165, 1.54) is 12.5 Å². The first kappa shape index (κ1) is 13.1. The maximum Gasteiger partial charge on any atom is 0.302 e. The smallest absolute Gasteiger partial charge is 0.302 e. The van der Waals surface area contributed by atoms with Crippen LogP contribution in [0.1, 0.15) is 18.9 Å². The van der Waals surface area contributed by atoms with Crippen LogP contribution in [0.3, 0.4) is 0 Å². The maximum atomic E-state index is 10.7. The SMILES string of the molecule is CC(=O)OC[C@@H]1CO[C@@H](CCc2ccccc2)O1. The fraction of sp³-hybridized carbons (Fsp3) is 0.500. The number of hydrogen-bond donors (Lipinski definition) is 0. The first-order valence-corrected chi connectivity index (χ1v) is 6.18. The summed E-state index contributed by atoms with van der Waals surface area (Å²) in [6.45, 7) is 2.16. The molecule has 1 aromatic carbocycles. The van der Waals surface area contributed by atoms with E-state index in [0.717, 1.165) is 12.8 Å². The first-order valence-electron chi connectivity index (χ1n) is 6.18. The lowest BCUT2D eigenvalue weighted by Gasteiger charge is -2.11. The number of rotatable bonds is 5. The highest BCUT2D eigenvalue weighted by molar-refractivity contribution is 5.65. The standard InChI is InChI=1S/C14H18O4/c1-11(15)16-9-13-10-17-14(18-13)8-7-12-5-3-2-4-6-12/h2-6,13-14H,7-10H2,1H3/t13-,14-/m1/s1. The van der Waals surface area contributed by atoms with Gasteiger partial charge in [-0.2, -0.15) is 0 Å². The monoisotopic (exact) mass is 250 g/mol. The zero-order valence-corrected chi connectivity index (χ0v) is 10.5. The molecule has 1 fully saturated rings. The molecule has 1 aromatic rings. The number of carbonyl (C=O) groups is 1. The van der Waals surface area contributed by atoms with Gasteiger partial charge in [-0.1, -0.05) is 30.3 Å². The summed E-state index contributed by atoms with van der Waals surface area (Å²) >= 11 is 0. The summed E-state index contributed by atoms with van der Waals surface area (Å²) < 4.78 is 16.0. The third kappa shape index (κ3) is 4.13. The largest absolute Gasteiger partial charge is 0.463 e. The van der Waals surface area contributed by atoms with Crippen LogP contribution in [0, 0.1) is 0 Å². The van der Waals surface area contributed by atoms with Crippen LogP contribution in [-0.2, 0) is 25.4 Å². The summed E-state index contributed by atoms with van der Waals surface area (Å²) in [6.07, 6.45) is 1.42. The van der Waals surface area contributed by atoms with Gasteiger partial charge < -0.3 is 14.2 Å². The van der Waals surface area contributed by atoms with Crippen molar-refractivity contribution < 1.29 is 19.0 Å². The van der Waals surface area contributed by atoms with Crippen LogP contribution in [0.25, 0.3) is 0 Å². The topological polar surface area (TPSA) is 44.8 Å². The van der Waals surface area contributed by atoms with Gasteiger partial charge in [-0.15, -0.1) is 0 Å². The van der Waals surface area contributed by atoms with Crippen molar-refractivity contribution in [3.8, 4) is 0 Å². The van der Waals surface area contributed by atoms with Crippen molar-refractivity contribution in [2.24, 2.45) is 0 Å². The highest BCUT2D eigenvalue weighted by Crippen LogP contribution is 2.17. The fourth-order valence-electron chi connectivity index (χ4n) is 1.89. The second-order valence-corrected chi connectivity index (χ2v) is 4.35. The average Bonchev–Trinajstić information content (AvgIpc) is 2.83. The van der Waals surface area contributed by atoms with Gasteiger partial charge in [0.15, 0.2) is 6.29 Å². The Hall–Kier alpha value is -1.39. The average molecular weight is 250 g/mol. The summed E-state index contributed by atoms with van der Waals surface area (Å²) in [5, 5.41) is 0. The van der Waals surface area contributed by atoms with Gasteiger partial charge >= 0.3 is 5.97 Å². The summed E-state index contributed by atoms with van der Waals surface area (Å²) in [5.41, 5.74) is 1.27. The Morgan fingerprint density at radius 3 is 2.89 bits per heavy atom. The second kappa shape index (κ2) is 6.52. The molecule has 0 aromatic heterocycles. The Morgan fingerprint density at radius 1 is 1.39 bits per heavy atom. The first-order chi connectivity index (χ1) is 8.74. The van der Waals surface area contributed by atoms with Crippen molar-refractivity contribution in [3.05, 3.63) is 35.9 Å². The lowest BCUT2D eigenvalue weighted by Crippen LogP contribution is -2.20. The Kier molecular flexibility index (Phi) is 4.73. The normalized spacial score (nSPS) is 22.9. The van der Waals surface area contributed by atoms with E-state index in [9.17, 15) is 4.79 Å². The van der Waals surface area contributed by atoms with Gasteiger partial charge in [0.1, 0.15) is 12.7 Å². The maximum absolute atomic E-state index is 10.7. The molecule has 0 unspecified atom stereocenters. The molecule has 98 valence electrons. The molecule has 1 aliphatic rings. The Labute approximate surface area is 107 Å². The molecule has 0 bridgehead atoms. The minimum absolute atomic E-state index is 0.130. The minimum atomic E-state index is -0.286. The molecular weight excluding hydrogens is 232 g/mol. The highest BCUT2D eigenvalue weighted by Gasteiger charge is 2.26. The molecule has 0 radical (unpaired) electrons. The second-order valence-electron chi connectivity index (χ2n) is 4.35. The van der Waals surface area contributed by atoms with E-state index in [0.29, 0.717) is 6.61 Å². The third-order valence-corrected chi connectivity index (χ3v) is 2.80. The van der Waals surface area contributed by atoms with Crippen LogP contribution in [0.5, 0.6) is 0 Å². The predicted molar refractivity (Wildman–Crippen MR) is 66.0 cm³/mol. The summed E-state index contributed by atoms with van der Waals surface area (Å²) in [5.74, 6) is -0.286. The Morgan fingerprint density at radius 2 is 2.17 bits per heavy atom. The molecule has 4 heteroatoms. The zero-order chi connectivity index (χ0) is 12.8. The number of aryl methyl sites for hydroxylation is 1. The van der Waals surface area contributed by atoms with Gasteiger partial charge in [0.2, 0.25) is 0 Å². The molecule has 1 saturated heterocycles. The minimum Gasteiger partial charge on any atom is -0.463 e. The van der Waals surface area contributed by atoms with E-state index in [1.807, 2.05) is 18.2 Å². The predicted octanol–water partition coefficient (Wildman–Crippen LogP) is 1.92. The van der Waals surface area contributed by atoms with Crippen LogP contribution in [0.2, 0.25) is 0 Å². The van der Waals surface area contributed by atoms with Gasteiger partial charge in [-0.25, -0.2) is 0 Å². The van der Waals surface area contributed by atoms with Crippen molar-refractivity contribution in [1.82, 2.24) is 0 Å². The van der Waals surface area contributed by atoms with Crippen molar-refractivity contribution in [2.75, 3.05) is 13.2 Å². The molecule has 1 aliphatic heterocycles. The number of carbonyl (C=O) groups excluding carboxylic acids is 1. The van der Waals surface area contributed by atoms with Gasteiger partial charge in [-0.05, 0) is 12.0 Å². The van der Waals surface area contributed by atoms with Crippen LogP contribution >= 0.6 is 0 Å². The number of hydrogen-bond acceptors (Lipinski definition) is 4. The molecule has 2 atom stereocenters. The van der Waals surface area contributed by atoms with E-state index in [4.69, 9.17) is 14.2 Å². The fourth-order valence-corrected chi connectivity index (χ4v) is 1.89. The van der Waals surface area contributed by atoms with Crippen molar-refractivity contribution >= 4 is 5.97 Å². The molecule has 0 saturated carbocycles. The van der Waals surface area contributed by atoms with E-state index < -0.39 is 0 Å². The van der Waals surface area contributed by atoms with E-state index in [2.05, 4.69) is 12.1 Å². The Bertz CT molecular complexity index is 377. The number of benzene rings is 1. The molecule has 4 nitrogen and oxygen atoms in total. The van der Waals surface area contributed by atoms with E-state index in [-0.39, 0.29) is 25.0 Å². The molecule has 1 heterocycles. The summed E-state index contributed by atoms with van der Waals surface area (Å²) in [6, 6.07) is 10.2. The quantitative estimate of drug-likeness (QED) is 0.749. The van der Waals surface area contributed by atoms with E-state index >= 15 is 0 Å². The number of ether oxygens (including phenoxy) is 3. The third-order valence-electron chi connectivity index (χ3n) is 2.80. The van der Waals surface area contributed by atoms with Crippen molar-refractivity contribution in [3.63, 3.8) is 0 Å². The zero-order valence-electron chi connectivity index (χ0n) is 10.5. The van der Waals surface area contributed by atoms with Gasteiger partial charge in [-0.3, -0.25) is 4.79 Å². The lowest BCUT2D eigenvalue weighted by atomic mass is 10.1. The number of esters is 1.